The van der Waals surface area contributed by atoms with Gasteiger partial charge in [0.2, 0.25) is 0 Å². The van der Waals surface area contributed by atoms with Crippen LogP contribution in [0.3, 0.4) is 0 Å². The van der Waals surface area contributed by atoms with Crippen molar-refractivity contribution in [3.8, 4) is 5.00 Å². The van der Waals surface area contributed by atoms with E-state index in [4.69, 9.17) is 9.73 Å². The third-order valence-corrected chi connectivity index (χ3v) is 5.61. The standard InChI is InChI=1S/C19H26N4O2S/c1-10-12(3)26-18-16(10)14(8-9-15(24)25-19(5,6)7)20-11(2)17-22-21-13(4)23(17)18/h11H,8-9H2,1-7H3/t11-/m0/s1. The Morgan fingerprint density at radius 1 is 1.23 bits per heavy atom. The number of ether oxygens (including phenoxy) is 1. The maximum Gasteiger partial charge on any atom is 0.306 e. The molecule has 0 unspecified atom stereocenters. The van der Waals surface area contributed by atoms with Crippen LogP contribution < -0.4 is 0 Å². The molecular formula is C19H26N4O2S. The highest BCUT2D eigenvalue weighted by Gasteiger charge is 2.29. The van der Waals surface area contributed by atoms with Gasteiger partial charge >= 0.3 is 5.97 Å². The van der Waals surface area contributed by atoms with Crippen LogP contribution in [0.15, 0.2) is 4.99 Å². The second-order valence-electron chi connectivity index (χ2n) is 7.74. The Bertz CT molecular complexity index is 886. The van der Waals surface area contributed by atoms with Gasteiger partial charge in [-0.15, -0.1) is 21.5 Å². The van der Waals surface area contributed by atoms with Gasteiger partial charge in [0.05, 0.1) is 6.42 Å². The van der Waals surface area contributed by atoms with E-state index in [0.29, 0.717) is 12.8 Å². The molecule has 0 aliphatic carbocycles. The van der Waals surface area contributed by atoms with Crippen molar-refractivity contribution < 1.29 is 9.53 Å². The lowest BCUT2D eigenvalue weighted by Crippen LogP contribution is -2.24. The fourth-order valence-corrected chi connectivity index (χ4v) is 4.40. The highest BCUT2D eigenvalue weighted by molar-refractivity contribution is 7.15. The first-order valence-corrected chi connectivity index (χ1v) is 9.71. The number of aryl methyl sites for hydroxylation is 2. The van der Waals surface area contributed by atoms with E-state index in [1.165, 1.54) is 10.4 Å². The number of hydrogen-bond acceptors (Lipinski definition) is 6. The van der Waals surface area contributed by atoms with Crippen LogP contribution in [-0.4, -0.2) is 32.0 Å². The van der Waals surface area contributed by atoms with Crippen molar-refractivity contribution in [1.82, 2.24) is 14.8 Å². The molecule has 3 rings (SSSR count). The lowest BCUT2D eigenvalue weighted by Gasteiger charge is -2.19. The van der Waals surface area contributed by atoms with Crippen LogP contribution in [0.1, 0.15) is 74.2 Å². The van der Waals surface area contributed by atoms with Crippen LogP contribution in [0.2, 0.25) is 0 Å². The number of rotatable bonds is 3. The molecule has 1 atom stereocenters. The number of thiophene rings is 1. The zero-order valence-electron chi connectivity index (χ0n) is 16.5. The summed E-state index contributed by atoms with van der Waals surface area (Å²) < 4.78 is 7.56. The van der Waals surface area contributed by atoms with E-state index in [9.17, 15) is 4.79 Å². The molecule has 1 aliphatic rings. The van der Waals surface area contributed by atoms with Crippen LogP contribution in [0.4, 0.5) is 0 Å². The van der Waals surface area contributed by atoms with Gasteiger partial charge in [-0.25, -0.2) is 0 Å². The molecule has 2 aromatic rings. The van der Waals surface area contributed by atoms with Crippen LogP contribution >= 0.6 is 11.3 Å². The van der Waals surface area contributed by atoms with E-state index < -0.39 is 5.60 Å². The van der Waals surface area contributed by atoms with Crippen LogP contribution in [-0.2, 0) is 9.53 Å². The normalized spacial score (nSPS) is 16.6. The molecule has 0 saturated carbocycles. The highest BCUT2D eigenvalue weighted by Crippen LogP contribution is 2.37. The summed E-state index contributed by atoms with van der Waals surface area (Å²) in [5.41, 5.74) is 2.80. The molecule has 7 heteroatoms. The molecule has 0 spiro atoms. The molecule has 0 amide bonds. The first-order valence-electron chi connectivity index (χ1n) is 8.89. The summed E-state index contributed by atoms with van der Waals surface area (Å²) in [7, 11) is 0. The number of nitrogens with zero attached hydrogens (tertiary/aromatic N) is 4. The van der Waals surface area contributed by atoms with E-state index in [0.717, 1.165) is 27.9 Å². The molecule has 0 bridgehead atoms. The van der Waals surface area contributed by atoms with E-state index >= 15 is 0 Å². The van der Waals surface area contributed by atoms with Crippen molar-refractivity contribution in [3.63, 3.8) is 0 Å². The molecular weight excluding hydrogens is 348 g/mol. The molecule has 2 aromatic heterocycles. The number of esters is 1. The smallest absolute Gasteiger partial charge is 0.306 e. The van der Waals surface area contributed by atoms with Crippen molar-refractivity contribution in [2.45, 2.75) is 73.0 Å². The minimum Gasteiger partial charge on any atom is -0.460 e. The molecule has 140 valence electrons. The monoisotopic (exact) mass is 374 g/mol. The first kappa shape index (κ1) is 18.8. The van der Waals surface area contributed by atoms with Gasteiger partial charge in [-0.2, -0.15) is 0 Å². The Morgan fingerprint density at radius 2 is 1.92 bits per heavy atom. The van der Waals surface area contributed by atoms with Crippen molar-refractivity contribution >= 4 is 23.0 Å². The van der Waals surface area contributed by atoms with Crippen LogP contribution in [0, 0.1) is 20.8 Å². The second-order valence-corrected chi connectivity index (χ2v) is 8.95. The molecule has 0 radical (unpaired) electrons. The second kappa shape index (κ2) is 6.61. The van der Waals surface area contributed by atoms with Gasteiger partial charge in [-0.3, -0.25) is 14.4 Å². The number of aromatic nitrogens is 3. The molecule has 6 nitrogen and oxygen atoms in total. The van der Waals surface area contributed by atoms with Gasteiger partial charge < -0.3 is 4.74 Å². The summed E-state index contributed by atoms with van der Waals surface area (Å²) in [6, 6.07) is -0.107. The molecule has 1 aliphatic heterocycles. The SMILES string of the molecule is Cc1sc2c(c1C)C(CCC(=O)OC(C)(C)C)=N[C@@H](C)c1nnc(C)n1-2. The van der Waals surface area contributed by atoms with E-state index in [2.05, 4.69) is 28.6 Å². The van der Waals surface area contributed by atoms with Gasteiger partial charge in [0.25, 0.3) is 0 Å². The zero-order chi connectivity index (χ0) is 19.2. The quantitative estimate of drug-likeness (QED) is 0.754. The molecule has 26 heavy (non-hydrogen) atoms. The molecule has 0 saturated heterocycles. The minimum absolute atomic E-state index is 0.107. The van der Waals surface area contributed by atoms with Gasteiger partial charge in [0, 0.05) is 22.6 Å². The number of hydrogen-bond donors (Lipinski definition) is 0. The van der Waals surface area contributed by atoms with Crippen molar-refractivity contribution in [1.29, 1.82) is 0 Å². The Labute approximate surface area is 158 Å². The summed E-state index contributed by atoms with van der Waals surface area (Å²) >= 11 is 1.73. The molecule has 0 fully saturated rings. The summed E-state index contributed by atoms with van der Waals surface area (Å²) in [4.78, 5) is 18.3. The van der Waals surface area contributed by atoms with E-state index in [1.807, 2.05) is 34.6 Å². The lowest BCUT2D eigenvalue weighted by molar-refractivity contribution is -0.154. The first-order chi connectivity index (χ1) is 12.1. The number of aliphatic imine (C=N–C) groups is 1. The minimum atomic E-state index is -0.472. The molecule has 0 N–H and O–H groups in total. The third-order valence-electron chi connectivity index (χ3n) is 4.42. The van der Waals surface area contributed by atoms with Crippen molar-refractivity contribution in [2.24, 2.45) is 4.99 Å². The summed E-state index contributed by atoms with van der Waals surface area (Å²) in [6.45, 7) is 13.9. The van der Waals surface area contributed by atoms with Crippen LogP contribution in [0.25, 0.3) is 5.00 Å². The molecule has 3 heterocycles. The van der Waals surface area contributed by atoms with Crippen molar-refractivity contribution in [2.75, 3.05) is 0 Å². The predicted molar refractivity (Wildman–Crippen MR) is 103 cm³/mol. The average molecular weight is 375 g/mol. The third kappa shape index (κ3) is 3.45. The fraction of sp³-hybridized carbons (Fsp3) is 0.579. The number of fused-ring (bicyclic) bond motifs is 3. The Kier molecular flexibility index (Phi) is 4.77. The maximum absolute atomic E-state index is 12.2. The van der Waals surface area contributed by atoms with E-state index in [-0.39, 0.29) is 12.0 Å². The largest absolute Gasteiger partial charge is 0.460 e. The Balaban J connectivity index is 1.98. The Hall–Kier alpha value is -2.02. The summed E-state index contributed by atoms with van der Waals surface area (Å²) in [5, 5.41) is 9.68. The van der Waals surface area contributed by atoms with Gasteiger partial charge in [0.15, 0.2) is 5.82 Å². The topological polar surface area (TPSA) is 69.4 Å². The summed E-state index contributed by atoms with van der Waals surface area (Å²) in [6.07, 6.45) is 0.872. The average Bonchev–Trinajstić information content (AvgIpc) is 2.99. The zero-order valence-corrected chi connectivity index (χ0v) is 17.3. The Morgan fingerprint density at radius 3 is 2.58 bits per heavy atom. The van der Waals surface area contributed by atoms with Gasteiger partial charge in [-0.05, 0) is 54.0 Å². The van der Waals surface area contributed by atoms with Crippen molar-refractivity contribution in [3.05, 3.63) is 27.7 Å². The lowest BCUT2D eigenvalue weighted by atomic mass is 10.0. The number of carbonyl (C=O) groups is 1. The number of carbonyl (C=O) groups excluding carboxylic acids is 1. The highest BCUT2D eigenvalue weighted by atomic mass is 32.1. The predicted octanol–water partition coefficient (Wildman–Crippen LogP) is 4.24. The molecule has 0 aromatic carbocycles. The van der Waals surface area contributed by atoms with E-state index in [1.54, 1.807) is 11.3 Å². The maximum atomic E-state index is 12.2. The van der Waals surface area contributed by atoms with Crippen LogP contribution in [0.5, 0.6) is 0 Å². The van der Waals surface area contributed by atoms with Gasteiger partial charge in [0.1, 0.15) is 22.5 Å². The van der Waals surface area contributed by atoms with Gasteiger partial charge in [-0.1, -0.05) is 0 Å². The summed E-state index contributed by atoms with van der Waals surface area (Å²) in [5.74, 6) is 1.51. The fourth-order valence-electron chi connectivity index (χ4n) is 3.17.